The molecule has 1 atom stereocenters. The molecule has 2 heterocycles. The fourth-order valence-electron chi connectivity index (χ4n) is 3.02. The summed E-state index contributed by atoms with van der Waals surface area (Å²) in [5, 5.41) is 8.42. The molecule has 1 unspecified atom stereocenters. The zero-order valence-electron chi connectivity index (χ0n) is 15.9. The molecule has 0 saturated heterocycles. The lowest BCUT2D eigenvalue weighted by Gasteiger charge is -2.23. The van der Waals surface area contributed by atoms with Gasteiger partial charge < -0.3 is 13.9 Å². The molecule has 28 heavy (non-hydrogen) atoms. The predicted molar refractivity (Wildman–Crippen MR) is 105 cm³/mol. The van der Waals surface area contributed by atoms with Crippen LogP contribution in [0.25, 0.3) is 0 Å². The molecule has 144 valence electrons. The van der Waals surface area contributed by atoms with Crippen molar-refractivity contribution in [1.29, 1.82) is 0 Å². The van der Waals surface area contributed by atoms with E-state index in [0.29, 0.717) is 29.2 Å². The average molecular weight is 396 g/mol. The SMILES string of the molecule is Cc1cc(C)c(C(=O)CSc2nnc(C3COc4ccccc4O3)o2)cc1C. The Morgan fingerprint density at radius 3 is 2.64 bits per heavy atom. The summed E-state index contributed by atoms with van der Waals surface area (Å²) in [6.45, 7) is 6.30. The maximum Gasteiger partial charge on any atom is 0.277 e. The number of benzene rings is 2. The van der Waals surface area contributed by atoms with Crippen LogP contribution < -0.4 is 9.47 Å². The van der Waals surface area contributed by atoms with E-state index in [2.05, 4.69) is 10.2 Å². The minimum absolute atomic E-state index is 0.0385. The number of aryl methyl sites for hydroxylation is 3. The van der Waals surface area contributed by atoms with Gasteiger partial charge in [0.15, 0.2) is 17.3 Å². The summed E-state index contributed by atoms with van der Waals surface area (Å²) in [7, 11) is 0. The van der Waals surface area contributed by atoms with E-state index >= 15 is 0 Å². The van der Waals surface area contributed by atoms with Crippen molar-refractivity contribution in [3.05, 3.63) is 64.5 Å². The number of carbonyl (C=O) groups is 1. The number of ether oxygens (including phenoxy) is 2. The van der Waals surface area contributed by atoms with Gasteiger partial charge in [0.1, 0.15) is 6.61 Å². The number of para-hydroxylation sites is 2. The molecule has 2 aromatic carbocycles. The molecule has 0 radical (unpaired) electrons. The highest BCUT2D eigenvalue weighted by Gasteiger charge is 2.27. The second-order valence-electron chi connectivity index (χ2n) is 6.73. The van der Waals surface area contributed by atoms with Crippen molar-refractivity contribution in [3.8, 4) is 11.5 Å². The van der Waals surface area contributed by atoms with Crippen LogP contribution in [-0.2, 0) is 0 Å². The number of hydrogen-bond donors (Lipinski definition) is 0. The summed E-state index contributed by atoms with van der Waals surface area (Å²) >= 11 is 1.23. The molecule has 0 aliphatic carbocycles. The molecule has 0 spiro atoms. The van der Waals surface area contributed by atoms with Gasteiger partial charge in [0.2, 0.25) is 6.10 Å². The van der Waals surface area contributed by atoms with Crippen LogP contribution in [0.1, 0.15) is 39.0 Å². The normalized spacial score (nSPS) is 15.5. The molecule has 0 fully saturated rings. The summed E-state index contributed by atoms with van der Waals surface area (Å²) in [4.78, 5) is 12.6. The van der Waals surface area contributed by atoms with Crippen LogP contribution in [-0.4, -0.2) is 28.3 Å². The van der Waals surface area contributed by atoms with Gasteiger partial charge in [0.25, 0.3) is 11.1 Å². The molecule has 0 bridgehead atoms. The minimum Gasteiger partial charge on any atom is -0.485 e. The van der Waals surface area contributed by atoms with Crippen molar-refractivity contribution in [2.45, 2.75) is 32.1 Å². The molecular formula is C21H20N2O4S. The monoisotopic (exact) mass is 396 g/mol. The van der Waals surface area contributed by atoms with Crippen molar-refractivity contribution in [2.75, 3.05) is 12.4 Å². The number of fused-ring (bicyclic) bond motifs is 1. The number of ketones is 1. The van der Waals surface area contributed by atoms with Crippen LogP contribution in [0.15, 0.2) is 46.0 Å². The van der Waals surface area contributed by atoms with E-state index in [0.717, 1.165) is 16.7 Å². The van der Waals surface area contributed by atoms with Crippen molar-refractivity contribution in [2.24, 2.45) is 0 Å². The van der Waals surface area contributed by atoms with Gasteiger partial charge in [-0.1, -0.05) is 30.0 Å². The minimum atomic E-state index is -0.463. The maximum atomic E-state index is 12.6. The third kappa shape index (κ3) is 3.75. The lowest BCUT2D eigenvalue weighted by molar-refractivity contribution is 0.0686. The molecule has 7 heteroatoms. The van der Waals surface area contributed by atoms with Crippen LogP contribution in [0.5, 0.6) is 11.5 Å². The lowest BCUT2D eigenvalue weighted by atomic mass is 9.99. The summed E-state index contributed by atoms with van der Waals surface area (Å²) in [6, 6.07) is 11.4. The molecule has 1 aliphatic rings. The van der Waals surface area contributed by atoms with E-state index in [1.54, 1.807) is 0 Å². The molecule has 0 saturated carbocycles. The van der Waals surface area contributed by atoms with Gasteiger partial charge in [-0.05, 0) is 55.7 Å². The molecule has 1 aliphatic heterocycles. The summed E-state index contributed by atoms with van der Waals surface area (Å²) in [5.41, 5.74) is 4.00. The third-order valence-corrected chi connectivity index (χ3v) is 5.49. The second kappa shape index (κ2) is 7.67. The van der Waals surface area contributed by atoms with Crippen molar-refractivity contribution in [1.82, 2.24) is 10.2 Å². The van der Waals surface area contributed by atoms with Crippen molar-refractivity contribution < 1.29 is 18.7 Å². The smallest absolute Gasteiger partial charge is 0.277 e. The first-order chi connectivity index (χ1) is 13.5. The number of aromatic nitrogens is 2. The Morgan fingerprint density at radius 1 is 1.07 bits per heavy atom. The highest BCUT2D eigenvalue weighted by Crippen LogP contribution is 2.36. The molecule has 0 N–H and O–H groups in total. The van der Waals surface area contributed by atoms with Crippen molar-refractivity contribution >= 4 is 17.5 Å². The Hall–Kier alpha value is -2.80. The lowest BCUT2D eigenvalue weighted by Crippen LogP contribution is -2.21. The summed E-state index contributed by atoms with van der Waals surface area (Å²) < 4.78 is 17.2. The Bertz CT molecular complexity index is 1030. The standard InChI is InChI=1S/C21H20N2O4S/c1-12-8-14(3)15(9-13(12)2)16(24)11-28-21-23-22-20(27-21)19-10-25-17-6-4-5-7-18(17)26-19/h4-9,19H,10-11H2,1-3H3. The first-order valence-corrected chi connectivity index (χ1v) is 9.95. The quantitative estimate of drug-likeness (QED) is 0.465. The highest BCUT2D eigenvalue weighted by atomic mass is 32.2. The van der Waals surface area contributed by atoms with Crippen molar-refractivity contribution in [3.63, 3.8) is 0 Å². The maximum absolute atomic E-state index is 12.6. The van der Waals surface area contributed by atoms with E-state index in [-0.39, 0.29) is 11.5 Å². The van der Waals surface area contributed by atoms with Crippen LogP contribution in [0.2, 0.25) is 0 Å². The van der Waals surface area contributed by atoms with E-state index in [4.69, 9.17) is 13.9 Å². The largest absolute Gasteiger partial charge is 0.485 e. The summed E-state index contributed by atoms with van der Waals surface area (Å²) in [6.07, 6.45) is -0.463. The number of rotatable bonds is 5. The van der Waals surface area contributed by atoms with Gasteiger partial charge >= 0.3 is 0 Å². The van der Waals surface area contributed by atoms with Gasteiger partial charge in [-0.25, -0.2) is 0 Å². The zero-order chi connectivity index (χ0) is 19.7. The van der Waals surface area contributed by atoms with E-state index < -0.39 is 6.10 Å². The van der Waals surface area contributed by atoms with Gasteiger partial charge in [0.05, 0.1) is 5.75 Å². The third-order valence-electron chi connectivity index (χ3n) is 4.67. The number of hydrogen-bond acceptors (Lipinski definition) is 7. The van der Waals surface area contributed by atoms with Gasteiger partial charge in [0, 0.05) is 5.56 Å². The van der Waals surface area contributed by atoms with Gasteiger partial charge in [-0.3, -0.25) is 4.79 Å². The first kappa shape index (κ1) is 18.6. The first-order valence-electron chi connectivity index (χ1n) is 8.97. The van der Waals surface area contributed by atoms with E-state index in [1.807, 2.05) is 57.2 Å². The Labute approximate surface area is 167 Å². The van der Waals surface area contributed by atoms with E-state index in [1.165, 1.54) is 17.3 Å². The molecule has 4 rings (SSSR count). The number of nitrogens with zero attached hydrogens (tertiary/aromatic N) is 2. The van der Waals surface area contributed by atoms with Gasteiger partial charge in [-0.2, -0.15) is 0 Å². The predicted octanol–water partition coefficient (Wildman–Crippen LogP) is 4.48. The number of carbonyl (C=O) groups excluding carboxylic acids is 1. The molecule has 1 aromatic heterocycles. The Kier molecular flexibility index (Phi) is 5.09. The number of thioether (sulfide) groups is 1. The molecule has 3 aromatic rings. The van der Waals surface area contributed by atoms with Crippen LogP contribution >= 0.6 is 11.8 Å². The Morgan fingerprint density at radius 2 is 1.82 bits per heavy atom. The second-order valence-corrected chi connectivity index (χ2v) is 7.66. The molecule has 6 nitrogen and oxygen atoms in total. The van der Waals surface area contributed by atoms with Crippen LogP contribution in [0.3, 0.4) is 0 Å². The van der Waals surface area contributed by atoms with Crippen LogP contribution in [0, 0.1) is 20.8 Å². The van der Waals surface area contributed by atoms with Crippen LogP contribution in [0.4, 0.5) is 0 Å². The zero-order valence-corrected chi connectivity index (χ0v) is 16.7. The Balaban J connectivity index is 1.41. The topological polar surface area (TPSA) is 74.5 Å². The average Bonchev–Trinajstić information content (AvgIpc) is 3.17. The van der Waals surface area contributed by atoms with E-state index in [9.17, 15) is 4.79 Å². The molecular weight excluding hydrogens is 376 g/mol. The summed E-state index contributed by atoms with van der Waals surface area (Å²) in [5.74, 6) is 1.95. The molecule has 0 amide bonds. The van der Waals surface area contributed by atoms with Gasteiger partial charge in [-0.15, -0.1) is 10.2 Å². The fraction of sp³-hybridized carbons (Fsp3) is 0.286. The number of Topliss-reactive ketones (excluding diaryl/α,β-unsaturated/α-hetero) is 1. The highest BCUT2D eigenvalue weighted by molar-refractivity contribution is 7.99. The fourth-order valence-corrected chi connectivity index (χ4v) is 3.67.